The minimum absolute atomic E-state index is 0.00297. The second-order valence-electron chi connectivity index (χ2n) is 9.45. The molecule has 174 valence electrons. The molecule has 6 heteroatoms. The minimum Gasteiger partial charge on any atom is -0.339 e. The van der Waals surface area contributed by atoms with Crippen molar-refractivity contribution in [1.82, 2.24) is 19.4 Å². The summed E-state index contributed by atoms with van der Waals surface area (Å²) in [6.07, 6.45) is 6.66. The van der Waals surface area contributed by atoms with E-state index in [1.807, 2.05) is 30.7 Å². The molecule has 0 saturated carbocycles. The highest BCUT2D eigenvalue weighted by molar-refractivity contribution is 6.01. The Hall–Kier alpha value is -3.51. The molecule has 0 bridgehead atoms. The van der Waals surface area contributed by atoms with Crippen LogP contribution in [-0.2, 0) is 13.0 Å². The largest absolute Gasteiger partial charge is 0.339 e. The molecule has 1 aliphatic rings. The number of halogens is 1. The molecule has 5 nitrogen and oxygen atoms in total. The standard InChI is InChI=1S/C28H29FN4O/c1-18(2)32(4)28(34)24-14-22(29)7-8-26(24)33-17-25(23-9-11-30-15-27(23)33)20-5-6-21-16-31(3)12-10-19(21)13-20/h5-9,11,13-15,17-18H,10,12,16H2,1-4H3. The first-order valence-corrected chi connectivity index (χ1v) is 11.7. The van der Waals surface area contributed by atoms with Gasteiger partial charge in [-0.2, -0.15) is 0 Å². The summed E-state index contributed by atoms with van der Waals surface area (Å²) in [6, 6.07) is 13.1. The summed E-state index contributed by atoms with van der Waals surface area (Å²) in [4.78, 5) is 21.6. The number of pyridine rings is 1. The van der Waals surface area contributed by atoms with Gasteiger partial charge in [0.05, 0.1) is 23.0 Å². The summed E-state index contributed by atoms with van der Waals surface area (Å²) < 4.78 is 16.2. The zero-order valence-electron chi connectivity index (χ0n) is 20.0. The monoisotopic (exact) mass is 456 g/mol. The lowest BCUT2D eigenvalue weighted by atomic mass is 9.95. The smallest absolute Gasteiger partial charge is 0.256 e. The first-order valence-electron chi connectivity index (χ1n) is 11.7. The first kappa shape index (κ1) is 22.3. The topological polar surface area (TPSA) is 41.4 Å². The fraction of sp³-hybridized carbons (Fsp3) is 0.286. The van der Waals surface area contributed by atoms with Gasteiger partial charge in [-0.3, -0.25) is 9.78 Å². The van der Waals surface area contributed by atoms with E-state index in [0.717, 1.165) is 41.5 Å². The van der Waals surface area contributed by atoms with Gasteiger partial charge in [-0.1, -0.05) is 18.2 Å². The van der Waals surface area contributed by atoms with Crippen molar-refractivity contribution < 1.29 is 9.18 Å². The van der Waals surface area contributed by atoms with E-state index < -0.39 is 5.82 Å². The molecule has 0 spiro atoms. The van der Waals surface area contributed by atoms with Crippen LogP contribution in [0.5, 0.6) is 0 Å². The lowest BCUT2D eigenvalue weighted by molar-refractivity contribution is 0.0754. The normalized spacial score (nSPS) is 13.9. The molecule has 0 saturated heterocycles. The SMILES string of the molecule is CC(C)N(C)C(=O)c1cc(F)ccc1-n1cc(-c2ccc3c(c2)CCN(C)C3)c2ccncc21. The zero-order valence-corrected chi connectivity index (χ0v) is 20.0. The Kier molecular flexibility index (Phi) is 5.70. The molecule has 5 rings (SSSR count). The van der Waals surface area contributed by atoms with E-state index in [-0.39, 0.29) is 11.9 Å². The van der Waals surface area contributed by atoms with Crippen molar-refractivity contribution in [2.24, 2.45) is 0 Å². The fourth-order valence-electron chi connectivity index (χ4n) is 4.68. The molecule has 0 radical (unpaired) electrons. The van der Waals surface area contributed by atoms with Crippen LogP contribution in [0.2, 0.25) is 0 Å². The molecular weight excluding hydrogens is 427 g/mol. The molecular formula is C28H29FN4O. The van der Waals surface area contributed by atoms with Crippen molar-refractivity contribution in [2.75, 3.05) is 20.6 Å². The Morgan fingerprint density at radius 3 is 2.74 bits per heavy atom. The van der Waals surface area contributed by atoms with Gasteiger partial charge in [0.15, 0.2) is 0 Å². The third kappa shape index (κ3) is 3.88. The lowest BCUT2D eigenvalue weighted by Crippen LogP contribution is -2.33. The van der Waals surface area contributed by atoms with Crippen LogP contribution in [0.25, 0.3) is 27.7 Å². The molecule has 0 unspecified atom stereocenters. The Bertz CT molecular complexity index is 1390. The van der Waals surface area contributed by atoms with Gasteiger partial charge in [-0.15, -0.1) is 0 Å². The maximum atomic E-state index is 14.3. The summed E-state index contributed by atoms with van der Waals surface area (Å²) in [6.45, 7) is 5.90. The van der Waals surface area contributed by atoms with E-state index in [0.29, 0.717) is 11.3 Å². The number of hydrogen-bond acceptors (Lipinski definition) is 3. The Morgan fingerprint density at radius 2 is 1.94 bits per heavy atom. The van der Waals surface area contributed by atoms with Crippen LogP contribution >= 0.6 is 0 Å². The van der Waals surface area contributed by atoms with Crippen molar-refractivity contribution in [3.63, 3.8) is 0 Å². The van der Waals surface area contributed by atoms with Gasteiger partial charge in [-0.05, 0) is 68.3 Å². The zero-order chi connectivity index (χ0) is 24.0. The van der Waals surface area contributed by atoms with Crippen LogP contribution in [0.4, 0.5) is 4.39 Å². The number of benzene rings is 2. The number of amides is 1. The van der Waals surface area contributed by atoms with Crippen molar-refractivity contribution in [1.29, 1.82) is 0 Å². The van der Waals surface area contributed by atoms with Crippen molar-refractivity contribution in [2.45, 2.75) is 32.9 Å². The van der Waals surface area contributed by atoms with Gasteiger partial charge in [0, 0.05) is 49.5 Å². The maximum absolute atomic E-state index is 14.3. The maximum Gasteiger partial charge on any atom is 0.256 e. The quantitative estimate of drug-likeness (QED) is 0.418. The van der Waals surface area contributed by atoms with Crippen molar-refractivity contribution >= 4 is 16.8 Å². The van der Waals surface area contributed by atoms with Gasteiger partial charge < -0.3 is 14.4 Å². The van der Waals surface area contributed by atoms with Crippen LogP contribution < -0.4 is 0 Å². The number of fused-ring (bicyclic) bond motifs is 2. The van der Waals surface area contributed by atoms with Crippen LogP contribution in [0.15, 0.2) is 61.1 Å². The van der Waals surface area contributed by atoms with E-state index in [4.69, 9.17) is 0 Å². The molecule has 0 N–H and O–H groups in total. The summed E-state index contributed by atoms with van der Waals surface area (Å²) in [5.74, 6) is -0.645. The predicted molar refractivity (Wildman–Crippen MR) is 134 cm³/mol. The Balaban J connectivity index is 1.68. The van der Waals surface area contributed by atoms with Crippen LogP contribution in [0.3, 0.4) is 0 Å². The van der Waals surface area contributed by atoms with Crippen molar-refractivity contribution in [3.05, 3.63) is 83.6 Å². The van der Waals surface area contributed by atoms with Crippen LogP contribution in [-0.4, -0.2) is 51.9 Å². The number of hydrogen-bond donors (Lipinski definition) is 0. The molecule has 1 aliphatic heterocycles. The van der Waals surface area contributed by atoms with E-state index >= 15 is 0 Å². The molecule has 3 heterocycles. The molecule has 4 aromatic rings. The number of carbonyl (C=O) groups excluding carboxylic acids is 1. The average molecular weight is 457 g/mol. The molecule has 2 aromatic heterocycles. The fourth-order valence-corrected chi connectivity index (χ4v) is 4.68. The number of nitrogens with zero attached hydrogens (tertiary/aromatic N) is 4. The second-order valence-corrected chi connectivity index (χ2v) is 9.45. The number of aromatic nitrogens is 2. The average Bonchev–Trinajstić information content (AvgIpc) is 3.22. The third-order valence-corrected chi connectivity index (χ3v) is 6.87. The predicted octanol–water partition coefficient (Wildman–Crippen LogP) is 5.30. The van der Waals surface area contributed by atoms with Gasteiger partial charge in [0.2, 0.25) is 0 Å². The Labute approximate surface area is 199 Å². The Morgan fingerprint density at radius 1 is 1.12 bits per heavy atom. The molecule has 0 atom stereocenters. The van der Waals surface area contributed by atoms with Gasteiger partial charge in [0.25, 0.3) is 5.91 Å². The van der Waals surface area contributed by atoms with Crippen LogP contribution in [0.1, 0.15) is 35.3 Å². The third-order valence-electron chi connectivity index (χ3n) is 6.87. The summed E-state index contributed by atoms with van der Waals surface area (Å²) in [5.41, 5.74) is 6.79. The molecule has 34 heavy (non-hydrogen) atoms. The van der Waals surface area contributed by atoms with Gasteiger partial charge in [-0.25, -0.2) is 4.39 Å². The highest BCUT2D eigenvalue weighted by Gasteiger charge is 2.22. The molecule has 1 amide bonds. The van der Waals surface area contributed by atoms with E-state index in [1.54, 1.807) is 30.4 Å². The highest BCUT2D eigenvalue weighted by Crippen LogP contribution is 2.35. The molecule has 0 fully saturated rings. The lowest BCUT2D eigenvalue weighted by Gasteiger charge is -2.25. The van der Waals surface area contributed by atoms with Crippen LogP contribution in [0, 0.1) is 5.82 Å². The molecule has 0 aliphatic carbocycles. The van der Waals surface area contributed by atoms with E-state index in [1.165, 1.54) is 23.3 Å². The van der Waals surface area contributed by atoms with Gasteiger partial charge in [0.1, 0.15) is 5.82 Å². The van der Waals surface area contributed by atoms with E-state index in [2.05, 4.69) is 35.1 Å². The number of rotatable bonds is 4. The number of likely N-dealkylation sites (N-methyl/N-ethyl adjacent to an activating group) is 1. The molecule has 2 aromatic carbocycles. The first-order chi connectivity index (χ1) is 16.3. The van der Waals surface area contributed by atoms with Crippen molar-refractivity contribution in [3.8, 4) is 16.8 Å². The second kappa shape index (κ2) is 8.69. The number of carbonyl (C=O) groups is 1. The summed E-state index contributed by atoms with van der Waals surface area (Å²) in [5, 5.41) is 1.04. The van der Waals surface area contributed by atoms with Gasteiger partial charge >= 0.3 is 0 Å². The summed E-state index contributed by atoms with van der Waals surface area (Å²) >= 11 is 0. The summed E-state index contributed by atoms with van der Waals surface area (Å²) in [7, 11) is 3.89. The highest BCUT2D eigenvalue weighted by atomic mass is 19.1. The minimum atomic E-state index is -0.432. The van der Waals surface area contributed by atoms with E-state index in [9.17, 15) is 9.18 Å².